The van der Waals surface area contributed by atoms with Gasteiger partial charge in [-0.3, -0.25) is 9.69 Å². The normalized spacial score (nSPS) is 17.3. The molecule has 3 heterocycles. The molecular weight excluding hydrogens is 414 g/mol. The van der Waals surface area contributed by atoms with Gasteiger partial charge in [0.1, 0.15) is 12.4 Å². The molecule has 6 nitrogen and oxygen atoms in total. The monoisotopic (exact) mass is 443 g/mol. The maximum atomic E-state index is 12.5. The van der Waals surface area contributed by atoms with Gasteiger partial charge in [-0.1, -0.05) is 55.8 Å². The number of benzene rings is 2. The van der Waals surface area contributed by atoms with Crippen molar-refractivity contribution in [1.29, 1.82) is 0 Å². The van der Waals surface area contributed by atoms with Crippen molar-refractivity contribution in [1.82, 2.24) is 9.97 Å². The Morgan fingerprint density at radius 3 is 2.30 bits per heavy atom. The quantitative estimate of drug-likeness (QED) is 0.563. The van der Waals surface area contributed by atoms with Crippen LogP contribution in [0.15, 0.2) is 60.8 Å². The first kappa shape index (κ1) is 21.6. The summed E-state index contributed by atoms with van der Waals surface area (Å²) in [5.74, 6) is 1.28. The van der Waals surface area contributed by atoms with Crippen LogP contribution in [-0.2, 0) is 21.6 Å². The molecule has 2 aliphatic heterocycles. The van der Waals surface area contributed by atoms with Crippen LogP contribution >= 0.6 is 0 Å². The second kappa shape index (κ2) is 8.27. The summed E-state index contributed by atoms with van der Waals surface area (Å²) in [6.45, 7) is 8.77. The van der Waals surface area contributed by atoms with Gasteiger partial charge in [-0.25, -0.2) is 9.97 Å². The molecule has 1 amide bonds. The van der Waals surface area contributed by atoms with Gasteiger partial charge in [0.15, 0.2) is 0 Å². The van der Waals surface area contributed by atoms with Crippen molar-refractivity contribution in [3.63, 3.8) is 0 Å². The highest BCUT2D eigenvalue weighted by molar-refractivity contribution is 5.94. The molecule has 6 heteroatoms. The highest BCUT2D eigenvalue weighted by Crippen LogP contribution is 2.39. The fourth-order valence-corrected chi connectivity index (χ4v) is 4.52. The Labute approximate surface area is 194 Å². The van der Waals surface area contributed by atoms with E-state index in [1.165, 1.54) is 16.7 Å². The molecule has 0 aliphatic carbocycles. The minimum atomic E-state index is -0.0983. The summed E-state index contributed by atoms with van der Waals surface area (Å²) < 4.78 is 11.3. The Morgan fingerprint density at radius 2 is 1.70 bits per heavy atom. The Hall–Kier alpha value is -3.25. The van der Waals surface area contributed by atoms with Crippen molar-refractivity contribution in [2.24, 2.45) is 5.41 Å². The van der Waals surface area contributed by atoms with Gasteiger partial charge in [0.2, 0.25) is 11.9 Å². The summed E-state index contributed by atoms with van der Waals surface area (Å²) in [7, 11) is 0. The van der Waals surface area contributed by atoms with Crippen molar-refractivity contribution in [3.05, 3.63) is 83.2 Å². The van der Waals surface area contributed by atoms with Crippen LogP contribution in [-0.4, -0.2) is 35.6 Å². The SMILES string of the molecule is Cc1ccc(C(C)(C)c2ccc(OCc3ccnc(N4CC5(COC5)CC4=O)n3)cc2)cc1. The third-order valence-corrected chi connectivity index (χ3v) is 6.82. The number of hydrogen-bond acceptors (Lipinski definition) is 5. The smallest absolute Gasteiger partial charge is 0.232 e. The van der Waals surface area contributed by atoms with Gasteiger partial charge < -0.3 is 9.47 Å². The second-order valence-corrected chi connectivity index (χ2v) is 9.80. The fourth-order valence-electron chi connectivity index (χ4n) is 4.52. The first-order valence-electron chi connectivity index (χ1n) is 11.4. The van der Waals surface area contributed by atoms with Gasteiger partial charge in [-0.15, -0.1) is 0 Å². The van der Waals surface area contributed by atoms with Crippen LogP contribution in [0, 0.1) is 12.3 Å². The molecule has 5 rings (SSSR count). The van der Waals surface area contributed by atoms with Crippen molar-refractivity contribution < 1.29 is 14.3 Å². The summed E-state index contributed by atoms with van der Waals surface area (Å²) in [4.78, 5) is 23.0. The van der Waals surface area contributed by atoms with E-state index in [9.17, 15) is 4.79 Å². The minimum Gasteiger partial charge on any atom is -0.487 e. The number of aromatic nitrogens is 2. The van der Waals surface area contributed by atoms with E-state index in [1.807, 2.05) is 18.2 Å². The average Bonchev–Trinajstić information content (AvgIpc) is 3.17. The fraction of sp³-hybridized carbons (Fsp3) is 0.370. The van der Waals surface area contributed by atoms with Crippen LogP contribution in [0.5, 0.6) is 5.75 Å². The van der Waals surface area contributed by atoms with E-state index < -0.39 is 0 Å². The number of hydrogen-bond donors (Lipinski definition) is 0. The van der Waals surface area contributed by atoms with Gasteiger partial charge in [0, 0.05) is 30.0 Å². The number of carbonyl (C=O) groups is 1. The minimum absolute atomic E-state index is 0.0545. The molecule has 0 bridgehead atoms. The topological polar surface area (TPSA) is 64.6 Å². The van der Waals surface area contributed by atoms with Crippen LogP contribution in [0.3, 0.4) is 0 Å². The van der Waals surface area contributed by atoms with Gasteiger partial charge in [-0.2, -0.15) is 0 Å². The molecule has 2 aromatic carbocycles. The Morgan fingerprint density at radius 1 is 1.03 bits per heavy atom. The average molecular weight is 444 g/mol. The summed E-state index contributed by atoms with van der Waals surface area (Å²) in [5, 5.41) is 0. The molecule has 2 aliphatic rings. The molecule has 2 saturated heterocycles. The highest BCUT2D eigenvalue weighted by Gasteiger charge is 2.49. The molecule has 33 heavy (non-hydrogen) atoms. The van der Waals surface area contributed by atoms with E-state index in [0.29, 0.717) is 38.7 Å². The van der Waals surface area contributed by atoms with Gasteiger partial charge in [0.05, 0.1) is 18.9 Å². The summed E-state index contributed by atoms with van der Waals surface area (Å²) in [5.41, 5.74) is 4.35. The molecule has 0 saturated carbocycles. The number of rotatable bonds is 6. The number of anilines is 1. The van der Waals surface area contributed by atoms with Crippen molar-refractivity contribution in [2.45, 2.75) is 39.2 Å². The third kappa shape index (κ3) is 4.23. The van der Waals surface area contributed by atoms with E-state index in [1.54, 1.807) is 11.1 Å². The van der Waals surface area contributed by atoms with Crippen LogP contribution < -0.4 is 9.64 Å². The zero-order valence-electron chi connectivity index (χ0n) is 19.4. The standard InChI is InChI=1S/C27H29N3O3/c1-19-4-6-20(7-5-19)26(2,3)21-8-10-23(11-9-21)33-15-22-12-13-28-25(29-22)30-16-27(14-24(30)31)17-32-18-27/h4-13H,14-18H2,1-3H3. The molecule has 170 valence electrons. The zero-order valence-corrected chi connectivity index (χ0v) is 19.4. The molecule has 2 fully saturated rings. The van der Waals surface area contributed by atoms with Crippen LogP contribution in [0.4, 0.5) is 5.95 Å². The number of aryl methyl sites for hydroxylation is 1. The zero-order chi connectivity index (χ0) is 23.1. The summed E-state index contributed by atoms with van der Waals surface area (Å²) in [6.07, 6.45) is 2.19. The molecule has 1 spiro atoms. The molecular formula is C27H29N3O3. The molecule has 0 unspecified atom stereocenters. The van der Waals surface area contributed by atoms with Gasteiger partial charge in [-0.05, 0) is 36.2 Å². The van der Waals surface area contributed by atoms with E-state index in [2.05, 4.69) is 67.1 Å². The predicted octanol–water partition coefficient (Wildman–Crippen LogP) is 4.44. The van der Waals surface area contributed by atoms with E-state index >= 15 is 0 Å². The predicted molar refractivity (Wildman–Crippen MR) is 126 cm³/mol. The van der Waals surface area contributed by atoms with E-state index in [4.69, 9.17) is 9.47 Å². The van der Waals surface area contributed by atoms with Crippen molar-refractivity contribution in [2.75, 3.05) is 24.7 Å². The van der Waals surface area contributed by atoms with E-state index in [-0.39, 0.29) is 16.7 Å². The largest absolute Gasteiger partial charge is 0.487 e. The Balaban J connectivity index is 1.24. The lowest BCUT2D eigenvalue weighted by molar-refractivity contribution is -0.126. The second-order valence-electron chi connectivity index (χ2n) is 9.80. The maximum absolute atomic E-state index is 12.5. The maximum Gasteiger partial charge on any atom is 0.232 e. The molecule has 0 N–H and O–H groups in total. The van der Waals surface area contributed by atoms with Crippen LogP contribution in [0.25, 0.3) is 0 Å². The Kier molecular flexibility index (Phi) is 5.41. The highest BCUT2D eigenvalue weighted by atomic mass is 16.5. The number of amides is 1. The molecule has 0 atom stereocenters. The van der Waals surface area contributed by atoms with Crippen LogP contribution in [0.1, 0.15) is 42.7 Å². The van der Waals surface area contributed by atoms with Gasteiger partial charge >= 0.3 is 0 Å². The summed E-state index contributed by atoms with van der Waals surface area (Å²) >= 11 is 0. The number of nitrogens with zero attached hydrogens (tertiary/aromatic N) is 3. The lowest BCUT2D eigenvalue weighted by atomic mass is 9.78. The lowest BCUT2D eigenvalue weighted by Crippen LogP contribution is -2.44. The lowest BCUT2D eigenvalue weighted by Gasteiger charge is -2.36. The number of carbonyl (C=O) groups excluding carboxylic acids is 1. The first-order chi connectivity index (χ1) is 15.8. The summed E-state index contributed by atoms with van der Waals surface area (Å²) in [6, 6.07) is 18.7. The third-order valence-electron chi connectivity index (χ3n) is 6.82. The molecule has 3 aromatic rings. The number of ether oxygens (including phenoxy) is 2. The van der Waals surface area contributed by atoms with E-state index in [0.717, 1.165) is 11.4 Å². The van der Waals surface area contributed by atoms with Crippen molar-refractivity contribution >= 4 is 11.9 Å². The van der Waals surface area contributed by atoms with Crippen molar-refractivity contribution in [3.8, 4) is 5.75 Å². The molecule has 0 radical (unpaired) electrons. The Bertz CT molecular complexity index is 1150. The van der Waals surface area contributed by atoms with Gasteiger partial charge in [0.25, 0.3) is 0 Å². The first-order valence-corrected chi connectivity index (χ1v) is 11.4. The van der Waals surface area contributed by atoms with Crippen LogP contribution in [0.2, 0.25) is 0 Å². The molecule has 1 aromatic heterocycles.